The van der Waals surface area contributed by atoms with Crippen LogP contribution in [0.3, 0.4) is 0 Å². The van der Waals surface area contributed by atoms with Crippen molar-refractivity contribution in [2.24, 2.45) is 0 Å². The third-order valence-corrected chi connectivity index (χ3v) is 8.71. The number of carbonyl (C=O) groups excluding carboxylic acids is 2. The number of piperazine rings is 1. The lowest BCUT2D eigenvalue weighted by Gasteiger charge is -2.49. The number of hydrogen-bond donors (Lipinski definition) is 0. The van der Waals surface area contributed by atoms with Crippen LogP contribution in [-0.4, -0.2) is 65.3 Å². The van der Waals surface area contributed by atoms with E-state index in [1.165, 1.54) is 18.2 Å². The second-order valence-electron chi connectivity index (χ2n) is 12.1. The Labute approximate surface area is 234 Å². The molecule has 0 bridgehead atoms. The maximum absolute atomic E-state index is 15.2. The molecule has 8 heteroatoms. The van der Waals surface area contributed by atoms with Crippen LogP contribution in [0.25, 0.3) is 5.57 Å². The summed E-state index contributed by atoms with van der Waals surface area (Å²) in [5.41, 5.74) is 3.63. The fourth-order valence-corrected chi connectivity index (χ4v) is 6.76. The molecule has 4 heterocycles. The van der Waals surface area contributed by atoms with Crippen molar-refractivity contribution >= 4 is 28.6 Å². The van der Waals surface area contributed by atoms with E-state index in [2.05, 4.69) is 33.7 Å². The summed E-state index contributed by atoms with van der Waals surface area (Å²) in [4.78, 5) is 42.5. The quantitative estimate of drug-likeness (QED) is 0.351. The molecule has 0 radical (unpaired) electrons. The van der Waals surface area contributed by atoms with Gasteiger partial charge in [-0.1, -0.05) is 37.3 Å². The normalized spacial score (nSPS) is 23.1. The van der Waals surface area contributed by atoms with Gasteiger partial charge in [-0.25, -0.2) is 14.4 Å². The molecular weight excluding hydrogens is 505 g/mol. The van der Waals surface area contributed by atoms with E-state index in [1.54, 1.807) is 11.1 Å². The van der Waals surface area contributed by atoms with Crippen molar-refractivity contribution < 1.29 is 14.0 Å². The Morgan fingerprint density at radius 3 is 2.42 bits per heavy atom. The number of carbonyl (C=O) groups is 2. The van der Waals surface area contributed by atoms with Crippen LogP contribution < -0.4 is 9.80 Å². The molecule has 3 aromatic rings. The molecule has 1 unspecified atom stereocenters. The zero-order chi connectivity index (χ0) is 28.4. The van der Waals surface area contributed by atoms with Crippen LogP contribution in [0.4, 0.5) is 15.8 Å². The highest BCUT2D eigenvalue weighted by molar-refractivity contribution is 6.36. The lowest BCUT2D eigenvalue weighted by atomic mass is 9.65. The highest BCUT2D eigenvalue weighted by Gasteiger charge is 2.53. The number of nitrogens with zero attached hydrogens (tertiary/aromatic N) is 5. The number of aryl methyl sites for hydroxylation is 1. The van der Waals surface area contributed by atoms with Crippen LogP contribution in [0.15, 0.2) is 54.7 Å². The molecule has 1 aromatic heterocycles. The number of aromatic nitrogens is 2. The molecule has 1 atom stereocenters. The van der Waals surface area contributed by atoms with Gasteiger partial charge >= 0.3 is 0 Å². The first-order valence-electron chi connectivity index (χ1n) is 13.8. The fraction of sp³-hybridized carbons (Fsp3) is 0.375. The summed E-state index contributed by atoms with van der Waals surface area (Å²) in [5.74, 6) is -1.19. The maximum Gasteiger partial charge on any atom is 0.259 e. The van der Waals surface area contributed by atoms with Crippen molar-refractivity contribution in [3.05, 3.63) is 88.8 Å². The third kappa shape index (κ3) is 4.13. The van der Waals surface area contributed by atoms with E-state index in [9.17, 15) is 9.59 Å². The van der Waals surface area contributed by atoms with Gasteiger partial charge in [0, 0.05) is 48.8 Å². The van der Waals surface area contributed by atoms with Crippen LogP contribution in [-0.2, 0) is 10.2 Å². The van der Waals surface area contributed by atoms with Crippen molar-refractivity contribution in [2.75, 3.05) is 43.0 Å². The molecule has 206 valence electrons. The minimum Gasteiger partial charge on any atom is -0.366 e. The summed E-state index contributed by atoms with van der Waals surface area (Å²) in [5, 5.41) is 0. The molecule has 3 aliphatic rings. The van der Waals surface area contributed by atoms with Crippen LogP contribution in [0, 0.1) is 12.7 Å². The van der Waals surface area contributed by atoms with E-state index >= 15 is 4.39 Å². The summed E-state index contributed by atoms with van der Waals surface area (Å²) in [6, 6.07) is 12.9. The first kappa shape index (κ1) is 26.3. The van der Waals surface area contributed by atoms with E-state index in [-0.39, 0.29) is 17.3 Å². The van der Waals surface area contributed by atoms with E-state index in [1.807, 2.05) is 51.1 Å². The summed E-state index contributed by atoms with van der Waals surface area (Å²) in [7, 11) is 2.10. The van der Waals surface area contributed by atoms with E-state index in [0.717, 1.165) is 43.0 Å². The third-order valence-electron chi connectivity index (χ3n) is 8.71. The molecule has 2 aromatic carbocycles. The molecule has 1 fully saturated rings. The molecule has 0 N–H and O–H groups in total. The molecule has 3 aliphatic heterocycles. The maximum atomic E-state index is 15.2. The van der Waals surface area contributed by atoms with Gasteiger partial charge in [-0.05, 0) is 57.5 Å². The average Bonchev–Trinajstić information content (AvgIpc) is 3.20. The summed E-state index contributed by atoms with van der Waals surface area (Å²) < 4.78 is 15.2. The number of hydrogen-bond acceptors (Lipinski definition) is 6. The molecule has 1 amide bonds. The average molecular weight is 540 g/mol. The van der Waals surface area contributed by atoms with Crippen molar-refractivity contribution in [2.45, 2.75) is 45.1 Å². The zero-order valence-electron chi connectivity index (χ0n) is 23.7. The molecule has 0 saturated carbocycles. The highest BCUT2D eigenvalue weighted by atomic mass is 19.1. The van der Waals surface area contributed by atoms with Gasteiger partial charge in [0.05, 0.1) is 28.8 Å². The van der Waals surface area contributed by atoms with Crippen LogP contribution >= 0.6 is 0 Å². The van der Waals surface area contributed by atoms with Gasteiger partial charge in [-0.3, -0.25) is 9.59 Å². The molecule has 7 nitrogen and oxygen atoms in total. The van der Waals surface area contributed by atoms with Crippen molar-refractivity contribution in [1.29, 1.82) is 0 Å². The van der Waals surface area contributed by atoms with Crippen molar-refractivity contribution in [3.63, 3.8) is 0 Å². The van der Waals surface area contributed by atoms with Crippen molar-refractivity contribution in [3.8, 4) is 0 Å². The van der Waals surface area contributed by atoms with Gasteiger partial charge < -0.3 is 14.7 Å². The number of benzene rings is 2. The van der Waals surface area contributed by atoms with Gasteiger partial charge in [0.2, 0.25) is 11.6 Å². The van der Waals surface area contributed by atoms with Gasteiger partial charge in [0.1, 0.15) is 5.82 Å². The fourth-order valence-electron chi connectivity index (χ4n) is 6.76. The predicted octanol–water partition coefficient (Wildman–Crippen LogP) is 4.78. The predicted molar refractivity (Wildman–Crippen MR) is 154 cm³/mol. The monoisotopic (exact) mass is 539 g/mol. The van der Waals surface area contributed by atoms with E-state index in [4.69, 9.17) is 0 Å². The topological polar surface area (TPSA) is 69.6 Å². The molecule has 40 heavy (non-hydrogen) atoms. The van der Waals surface area contributed by atoms with Gasteiger partial charge in [-0.15, -0.1) is 0 Å². The number of allylic oxidation sites excluding steroid dienone is 1. The SMILES string of the molecule is Cc1nc(C(=O)/C=C2/C(=O)N3c4c2cc(F)cc4C(C)(c2ccccc2)CC3(C)C)ncc1N1CCN(C)CC1. The van der Waals surface area contributed by atoms with Crippen LogP contribution in [0.5, 0.6) is 0 Å². The first-order chi connectivity index (χ1) is 19.0. The Balaban J connectivity index is 1.41. The molecule has 6 rings (SSSR count). The number of ketones is 1. The number of rotatable bonds is 4. The Morgan fingerprint density at radius 1 is 1.05 bits per heavy atom. The highest BCUT2D eigenvalue weighted by Crippen LogP contribution is 2.56. The lowest BCUT2D eigenvalue weighted by molar-refractivity contribution is -0.114. The first-order valence-corrected chi connectivity index (χ1v) is 13.8. The molecule has 0 aliphatic carbocycles. The smallest absolute Gasteiger partial charge is 0.259 e. The number of amides is 1. The minimum absolute atomic E-state index is 0.0237. The van der Waals surface area contributed by atoms with E-state index in [0.29, 0.717) is 23.4 Å². The lowest BCUT2D eigenvalue weighted by Crippen LogP contribution is -2.54. The van der Waals surface area contributed by atoms with Gasteiger partial charge in [0.25, 0.3) is 5.91 Å². The van der Waals surface area contributed by atoms with Crippen LogP contribution in [0.1, 0.15) is 60.2 Å². The van der Waals surface area contributed by atoms with Gasteiger partial charge in [-0.2, -0.15) is 0 Å². The summed E-state index contributed by atoms with van der Waals surface area (Å²) >= 11 is 0. The Hall–Kier alpha value is -3.91. The second-order valence-corrected chi connectivity index (χ2v) is 12.1. The number of anilines is 2. The van der Waals surface area contributed by atoms with Crippen molar-refractivity contribution in [1.82, 2.24) is 14.9 Å². The molecule has 0 spiro atoms. The molecular formula is C32H34FN5O2. The Morgan fingerprint density at radius 2 is 1.75 bits per heavy atom. The Bertz CT molecular complexity index is 1560. The minimum atomic E-state index is -0.572. The standard InChI is InChI=1S/C32H34FN5O2/c1-20-26(37-13-11-36(5)12-14-37)18-34-29(35-20)27(39)17-24-23-15-22(33)16-25-28(23)38(30(24)40)31(2,3)19-32(25,4)21-9-7-6-8-10-21/h6-10,15-18H,11-14,19H2,1-5H3/b24-17+. The largest absolute Gasteiger partial charge is 0.366 e. The van der Waals surface area contributed by atoms with Gasteiger partial charge in [0.15, 0.2) is 0 Å². The van der Waals surface area contributed by atoms with Crippen LogP contribution in [0.2, 0.25) is 0 Å². The molecule has 1 saturated heterocycles. The van der Waals surface area contributed by atoms with E-state index < -0.39 is 22.6 Å². The second kappa shape index (κ2) is 9.34. The number of halogens is 1. The summed E-state index contributed by atoms with van der Waals surface area (Å²) in [6.07, 6.45) is 3.58. The summed E-state index contributed by atoms with van der Waals surface area (Å²) in [6.45, 7) is 11.6. The zero-order valence-corrected chi connectivity index (χ0v) is 23.7. The Kier molecular flexibility index (Phi) is 6.14. The number of likely N-dealkylation sites (N-methyl/N-ethyl adjacent to an activating group) is 1.